The third kappa shape index (κ3) is 4.23. The Morgan fingerprint density at radius 1 is 1.06 bits per heavy atom. The maximum Gasteiger partial charge on any atom is 0.309 e. The highest BCUT2D eigenvalue weighted by molar-refractivity contribution is 5.72. The van der Waals surface area contributed by atoms with Gasteiger partial charge in [-0.1, -0.05) is 43.5 Å². The molecule has 1 atom stereocenters. The van der Waals surface area contributed by atoms with Gasteiger partial charge in [-0.05, 0) is 78.5 Å². The fourth-order valence-corrected chi connectivity index (χ4v) is 5.66. The second kappa shape index (κ2) is 8.66. The Balaban J connectivity index is 1.26. The fourth-order valence-electron chi connectivity index (χ4n) is 5.66. The highest BCUT2D eigenvalue weighted by Gasteiger charge is 2.39. The molecule has 1 N–H and O–H groups in total. The molecule has 0 aromatic heterocycles. The molecular formula is C27H33NO3. The number of aliphatic carboxylic acids is 1. The topological polar surface area (TPSA) is 49.8 Å². The van der Waals surface area contributed by atoms with Crippen LogP contribution >= 0.6 is 0 Å². The van der Waals surface area contributed by atoms with Crippen LogP contribution in [0.2, 0.25) is 0 Å². The maximum absolute atomic E-state index is 11.2. The number of aryl methyl sites for hydroxylation is 2. The fraction of sp³-hybridized carbons (Fsp3) is 0.519. The molecule has 164 valence electrons. The molecule has 1 unspecified atom stereocenters. The van der Waals surface area contributed by atoms with Crippen molar-refractivity contribution < 1.29 is 14.6 Å². The predicted molar refractivity (Wildman–Crippen MR) is 122 cm³/mol. The predicted octanol–water partition coefficient (Wildman–Crippen LogP) is 5.62. The third-order valence-electron chi connectivity index (χ3n) is 7.61. The first-order valence-corrected chi connectivity index (χ1v) is 11.9. The van der Waals surface area contributed by atoms with Crippen LogP contribution in [0.15, 0.2) is 36.4 Å². The van der Waals surface area contributed by atoms with E-state index in [9.17, 15) is 9.90 Å². The van der Waals surface area contributed by atoms with E-state index in [1.807, 2.05) is 0 Å². The molecule has 4 heteroatoms. The van der Waals surface area contributed by atoms with Gasteiger partial charge in [-0.3, -0.25) is 9.69 Å². The zero-order valence-electron chi connectivity index (χ0n) is 18.5. The molecule has 1 aliphatic heterocycles. The number of hydrogen-bond acceptors (Lipinski definition) is 3. The molecule has 2 aromatic carbocycles. The lowest BCUT2D eigenvalue weighted by Crippen LogP contribution is -2.51. The number of likely N-dealkylation sites (tertiary alicyclic amines) is 1. The van der Waals surface area contributed by atoms with Crippen LogP contribution in [0.25, 0.3) is 11.1 Å². The monoisotopic (exact) mass is 419 g/mol. The Bertz CT molecular complexity index is 940. The zero-order chi connectivity index (χ0) is 21.4. The van der Waals surface area contributed by atoms with Crippen LogP contribution in [0.3, 0.4) is 0 Å². The molecule has 2 aliphatic carbocycles. The molecule has 1 heterocycles. The first-order chi connectivity index (χ1) is 15.1. The number of ether oxygens (including phenoxy) is 1. The summed E-state index contributed by atoms with van der Waals surface area (Å²) in [5.74, 6) is 0.840. The van der Waals surface area contributed by atoms with Gasteiger partial charge in [-0.25, -0.2) is 0 Å². The minimum atomic E-state index is -0.660. The first kappa shape index (κ1) is 20.6. The molecule has 3 aliphatic rings. The number of fused-ring (bicyclic) bond motifs is 1. The van der Waals surface area contributed by atoms with E-state index < -0.39 is 5.97 Å². The largest absolute Gasteiger partial charge is 0.493 e. The van der Waals surface area contributed by atoms with E-state index in [0.717, 1.165) is 31.1 Å². The van der Waals surface area contributed by atoms with Crippen molar-refractivity contribution in [2.75, 3.05) is 19.7 Å². The number of rotatable bonds is 6. The molecule has 0 radical (unpaired) electrons. The van der Waals surface area contributed by atoms with E-state index in [2.05, 4.69) is 48.2 Å². The van der Waals surface area contributed by atoms with Crippen LogP contribution in [0, 0.1) is 18.8 Å². The first-order valence-electron chi connectivity index (χ1n) is 11.9. The molecule has 5 rings (SSSR count). The molecule has 0 spiro atoms. The molecule has 4 nitrogen and oxygen atoms in total. The van der Waals surface area contributed by atoms with Crippen LogP contribution in [0.5, 0.6) is 5.75 Å². The summed E-state index contributed by atoms with van der Waals surface area (Å²) in [5.41, 5.74) is 6.64. The standard InChI is InChI=1S/C27H33NO3/c1-18-13-25-21(9-12-26(25)28-15-22(16-28)27(29)30)14-24(18)20-7-10-23(11-8-20)31-17-19-5-3-2-4-6-19/h7-8,10-11,13-14,19,22,26H,2-6,9,12,15-17H2,1H3,(H,29,30). The Labute approximate surface area is 185 Å². The molecule has 2 aromatic rings. The number of carbonyl (C=O) groups is 1. The second-order valence-electron chi connectivity index (χ2n) is 9.75. The van der Waals surface area contributed by atoms with Gasteiger partial charge >= 0.3 is 5.97 Å². The van der Waals surface area contributed by atoms with Crippen molar-refractivity contribution in [2.45, 2.75) is 57.9 Å². The molecule has 0 bridgehead atoms. The zero-order valence-corrected chi connectivity index (χ0v) is 18.5. The number of benzene rings is 2. The summed E-state index contributed by atoms with van der Waals surface area (Å²) in [6.07, 6.45) is 8.87. The van der Waals surface area contributed by atoms with Gasteiger partial charge in [0.2, 0.25) is 0 Å². The van der Waals surface area contributed by atoms with E-state index in [4.69, 9.17) is 4.74 Å². The molecule has 31 heavy (non-hydrogen) atoms. The lowest BCUT2D eigenvalue weighted by molar-refractivity contribution is -0.148. The van der Waals surface area contributed by atoms with Crippen LogP contribution in [0.4, 0.5) is 0 Å². The number of carboxylic acids is 1. The highest BCUT2D eigenvalue weighted by atomic mass is 16.5. The summed E-state index contributed by atoms with van der Waals surface area (Å²) in [5, 5.41) is 9.18. The minimum Gasteiger partial charge on any atom is -0.493 e. The Morgan fingerprint density at radius 2 is 1.81 bits per heavy atom. The summed E-state index contributed by atoms with van der Waals surface area (Å²) in [6, 6.07) is 13.7. The van der Waals surface area contributed by atoms with Gasteiger partial charge in [0.15, 0.2) is 0 Å². The van der Waals surface area contributed by atoms with Gasteiger partial charge in [-0.15, -0.1) is 0 Å². The van der Waals surface area contributed by atoms with Gasteiger partial charge in [0.1, 0.15) is 5.75 Å². The Kier molecular flexibility index (Phi) is 5.75. The Morgan fingerprint density at radius 3 is 2.52 bits per heavy atom. The molecule has 1 saturated heterocycles. The van der Waals surface area contributed by atoms with Gasteiger partial charge in [0.25, 0.3) is 0 Å². The summed E-state index contributed by atoms with van der Waals surface area (Å²) in [7, 11) is 0. The van der Waals surface area contributed by atoms with Crippen molar-refractivity contribution in [2.24, 2.45) is 11.8 Å². The van der Waals surface area contributed by atoms with Crippen LogP contribution in [-0.2, 0) is 11.2 Å². The lowest BCUT2D eigenvalue weighted by atomic mass is 9.90. The number of nitrogens with zero attached hydrogens (tertiary/aromatic N) is 1. The van der Waals surface area contributed by atoms with Crippen molar-refractivity contribution >= 4 is 5.97 Å². The quantitative estimate of drug-likeness (QED) is 0.660. The average Bonchev–Trinajstić information content (AvgIpc) is 3.14. The van der Waals surface area contributed by atoms with E-state index in [0.29, 0.717) is 19.1 Å². The van der Waals surface area contributed by atoms with Crippen molar-refractivity contribution in [3.8, 4) is 16.9 Å². The molecule has 1 saturated carbocycles. The summed E-state index contributed by atoms with van der Waals surface area (Å²) < 4.78 is 6.08. The lowest BCUT2D eigenvalue weighted by Gasteiger charge is -2.41. The van der Waals surface area contributed by atoms with Gasteiger partial charge in [0.05, 0.1) is 12.5 Å². The van der Waals surface area contributed by atoms with Gasteiger partial charge < -0.3 is 9.84 Å². The third-order valence-corrected chi connectivity index (χ3v) is 7.61. The molecule has 2 fully saturated rings. The van der Waals surface area contributed by atoms with E-state index in [1.54, 1.807) is 0 Å². The van der Waals surface area contributed by atoms with Crippen LogP contribution < -0.4 is 4.74 Å². The molecule has 0 amide bonds. The molecular weight excluding hydrogens is 386 g/mol. The van der Waals surface area contributed by atoms with Crippen molar-refractivity contribution in [1.29, 1.82) is 0 Å². The number of carboxylic acid groups (broad SMARTS) is 1. The van der Waals surface area contributed by atoms with Crippen molar-refractivity contribution in [1.82, 2.24) is 4.90 Å². The SMILES string of the molecule is Cc1cc2c(cc1-c1ccc(OCC3CCCCC3)cc1)CCC2N1CC(C(=O)O)C1. The second-order valence-corrected chi connectivity index (χ2v) is 9.75. The van der Waals surface area contributed by atoms with Crippen LogP contribution in [-0.4, -0.2) is 35.7 Å². The van der Waals surface area contributed by atoms with E-state index in [-0.39, 0.29) is 5.92 Å². The summed E-state index contributed by atoms with van der Waals surface area (Å²) in [4.78, 5) is 13.5. The maximum atomic E-state index is 11.2. The van der Waals surface area contributed by atoms with E-state index in [1.165, 1.54) is 59.9 Å². The minimum absolute atomic E-state index is 0.191. The van der Waals surface area contributed by atoms with Gasteiger partial charge in [-0.2, -0.15) is 0 Å². The summed E-state index contributed by atoms with van der Waals surface area (Å²) >= 11 is 0. The van der Waals surface area contributed by atoms with Gasteiger partial charge in [0, 0.05) is 19.1 Å². The van der Waals surface area contributed by atoms with Crippen LogP contribution in [0.1, 0.15) is 61.3 Å². The van der Waals surface area contributed by atoms with Crippen molar-refractivity contribution in [3.05, 3.63) is 53.1 Å². The highest BCUT2D eigenvalue weighted by Crippen LogP contribution is 2.42. The van der Waals surface area contributed by atoms with Crippen molar-refractivity contribution in [3.63, 3.8) is 0 Å². The number of hydrogen-bond donors (Lipinski definition) is 1. The Hall–Kier alpha value is -2.33. The summed E-state index contributed by atoms with van der Waals surface area (Å²) in [6.45, 7) is 4.40. The average molecular weight is 420 g/mol. The van der Waals surface area contributed by atoms with E-state index >= 15 is 0 Å². The normalized spacial score (nSPS) is 22.2. The smallest absolute Gasteiger partial charge is 0.309 e.